The Morgan fingerprint density at radius 1 is 1.50 bits per heavy atom. The molecule has 0 atom stereocenters. The Hall–Kier alpha value is -1.10. The molecule has 5 heteroatoms. The van der Waals surface area contributed by atoms with E-state index in [-0.39, 0.29) is 12.4 Å². The molecule has 0 spiro atoms. The monoisotopic (exact) mass is 270 g/mol. The van der Waals surface area contributed by atoms with E-state index in [0.29, 0.717) is 12.6 Å². The highest BCUT2D eigenvalue weighted by atomic mass is 32.1. The lowest BCUT2D eigenvalue weighted by Gasteiger charge is -2.25. The fourth-order valence-corrected chi connectivity index (χ4v) is 2.67. The first-order valence-corrected chi connectivity index (χ1v) is 7.33. The Labute approximate surface area is 113 Å². The minimum Gasteiger partial charge on any atom is -0.466 e. The number of carbonyl (C=O) groups is 1. The lowest BCUT2D eigenvalue weighted by molar-refractivity contribution is -0.142. The standard InChI is InChI=1S/C13H22N2O2S/c1-5-7-15(10(3)4)13-14-11(9-18-13)8-12(16)17-6-2/h9-10H,5-8H2,1-4H3. The third kappa shape index (κ3) is 4.29. The van der Waals surface area contributed by atoms with Gasteiger partial charge in [-0.15, -0.1) is 11.3 Å². The summed E-state index contributed by atoms with van der Waals surface area (Å²) in [6, 6.07) is 0.423. The summed E-state index contributed by atoms with van der Waals surface area (Å²) in [6.45, 7) is 9.69. The topological polar surface area (TPSA) is 42.4 Å². The van der Waals surface area contributed by atoms with Crippen LogP contribution in [0.2, 0.25) is 0 Å². The molecule has 0 amide bonds. The summed E-state index contributed by atoms with van der Waals surface area (Å²) in [5.41, 5.74) is 0.801. The summed E-state index contributed by atoms with van der Waals surface area (Å²) >= 11 is 1.59. The first kappa shape index (κ1) is 15.0. The number of hydrogen-bond donors (Lipinski definition) is 0. The highest BCUT2D eigenvalue weighted by molar-refractivity contribution is 7.13. The summed E-state index contributed by atoms with van der Waals surface area (Å²) < 4.78 is 4.92. The molecule has 0 bridgehead atoms. The smallest absolute Gasteiger partial charge is 0.311 e. The van der Waals surface area contributed by atoms with Gasteiger partial charge in [-0.25, -0.2) is 4.98 Å². The number of anilines is 1. The molecule has 1 rings (SSSR count). The van der Waals surface area contributed by atoms with Crippen LogP contribution in [0.15, 0.2) is 5.38 Å². The molecule has 0 saturated heterocycles. The van der Waals surface area contributed by atoms with Gasteiger partial charge in [-0.05, 0) is 27.2 Å². The first-order valence-electron chi connectivity index (χ1n) is 6.45. The van der Waals surface area contributed by atoms with Crippen molar-refractivity contribution in [1.82, 2.24) is 4.98 Å². The van der Waals surface area contributed by atoms with E-state index in [1.54, 1.807) is 11.3 Å². The lowest BCUT2D eigenvalue weighted by atomic mass is 10.3. The predicted octanol–water partition coefficient (Wildman–Crippen LogP) is 2.87. The van der Waals surface area contributed by atoms with Gasteiger partial charge in [-0.3, -0.25) is 4.79 Å². The molecule has 1 aromatic heterocycles. The normalized spacial score (nSPS) is 10.7. The number of ether oxygens (including phenoxy) is 1. The van der Waals surface area contributed by atoms with Gasteiger partial charge in [-0.2, -0.15) is 0 Å². The number of esters is 1. The average molecular weight is 270 g/mol. The highest BCUT2D eigenvalue weighted by Crippen LogP contribution is 2.23. The van der Waals surface area contributed by atoms with Crippen molar-refractivity contribution < 1.29 is 9.53 Å². The molecule has 0 aliphatic carbocycles. The van der Waals surface area contributed by atoms with Gasteiger partial charge in [0.2, 0.25) is 0 Å². The predicted molar refractivity (Wildman–Crippen MR) is 75.2 cm³/mol. The Kier molecular flexibility index (Phi) is 6.12. The fraction of sp³-hybridized carbons (Fsp3) is 0.692. The number of rotatable bonds is 7. The van der Waals surface area contributed by atoms with Crippen LogP contribution < -0.4 is 4.90 Å². The second-order valence-electron chi connectivity index (χ2n) is 4.39. The van der Waals surface area contributed by atoms with Crippen molar-refractivity contribution in [3.05, 3.63) is 11.1 Å². The molecule has 0 N–H and O–H groups in total. The van der Waals surface area contributed by atoms with E-state index in [9.17, 15) is 4.79 Å². The van der Waals surface area contributed by atoms with E-state index in [2.05, 4.69) is 30.7 Å². The zero-order chi connectivity index (χ0) is 13.5. The highest BCUT2D eigenvalue weighted by Gasteiger charge is 2.15. The maximum atomic E-state index is 11.4. The van der Waals surface area contributed by atoms with Gasteiger partial charge in [0.25, 0.3) is 0 Å². The molecule has 0 aliphatic heterocycles. The minimum absolute atomic E-state index is 0.207. The van der Waals surface area contributed by atoms with Crippen LogP contribution in [-0.4, -0.2) is 30.1 Å². The van der Waals surface area contributed by atoms with E-state index in [4.69, 9.17) is 4.74 Å². The molecule has 102 valence electrons. The van der Waals surface area contributed by atoms with Crippen LogP contribution in [0.4, 0.5) is 5.13 Å². The maximum Gasteiger partial charge on any atom is 0.311 e. The molecule has 0 saturated carbocycles. The second kappa shape index (κ2) is 7.36. The number of nitrogens with zero attached hydrogens (tertiary/aromatic N) is 2. The van der Waals surface area contributed by atoms with Gasteiger partial charge in [-0.1, -0.05) is 6.92 Å². The van der Waals surface area contributed by atoms with Gasteiger partial charge < -0.3 is 9.64 Å². The number of carbonyl (C=O) groups excluding carboxylic acids is 1. The Bertz CT molecular complexity index is 377. The van der Waals surface area contributed by atoms with E-state index in [0.717, 1.165) is 23.8 Å². The Morgan fingerprint density at radius 3 is 2.78 bits per heavy atom. The Morgan fingerprint density at radius 2 is 2.22 bits per heavy atom. The molecule has 18 heavy (non-hydrogen) atoms. The van der Waals surface area contributed by atoms with Gasteiger partial charge in [0.05, 0.1) is 18.7 Å². The van der Waals surface area contributed by atoms with Gasteiger partial charge in [0, 0.05) is 18.0 Å². The third-order valence-corrected chi connectivity index (χ3v) is 3.43. The van der Waals surface area contributed by atoms with E-state index in [1.807, 2.05) is 12.3 Å². The second-order valence-corrected chi connectivity index (χ2v) is 5.23. The van der Waals surface area contributed by atoms with Crippen molar-refractivity contribution in [3.63, 3.8) is 0 Å². The summed E-state index contributed by atoms with van der Waals surface area (Å²) in [5, 5.41) is 2.93. The summed E-state index contributed by atoms with van der Waals surface area (Å²) in [5.74, 6) is -0.207. The van der Waals surface area contributed by atoms with Crippen molar-refractivity contribution in [3.8, 4) is 0 Å². The van der Waals surface area contributed by atoms with Gasteiger partial charge in [0.15, 0.2) is 5.13 Å². The van der Waals surface area contributed by atoms with E-state index in [1.165, 1.54) is 0 Å². The molecule has 0 aliphatic rings. The zero-order valence-corrected chi connectivity index (χ0v) is 12.4. The largest absolute Gasteiger partial charge is 0.466 e. The number of aromatic nitrogens is 1. The number of hydrogen-bond acceptors (Lipinski definition) is 5. The molecule has 0 unspecified atom stereocenters. The van der Waals surface area contributed by atoms with E-state index >= 15 is 0 Å². The third-order valence-electron chi connectivity index (χ3n) is 2.50. The van der Waals surface area contributed by atoms with Gasteiger partial charge in [0.1, 0.15) is 0 Å². The van der Waals surface area contributed by atoms with Crippen LogP contribution in [0.3, 0.4) is 0 Å². The molecule has 1 heterocycles. The van der Waals surface area contributed by atoms with Crippen molar-refractivity contribution in [2.45, 2.75) is 46.6 Å². The van der Waals surface area contributed by atoms with Gasteiger partial charge >= 0.3 is 5.97 Å². The van der Waals surface area contributed by atoms with Crippen LogP contribution in [0.5, 0.6) is 0 Å². The van der Waals surface area contributed by atoms with E-state index < -0.39 is 0 Å². The van der Waals surface area contributed by atoms with Crippen LogP contribution in [0.1, 0.15) is 39.8 Å². The van der Waals surface area contributed by atoms with Crippen molar-refractivity contribution in [2.24, 2.45) is 0 Å². The van der Waals surface area contributed by atoms with Crippen LogP contribution in [0.25, 0.3) is 0 Å². The average Bonchev–Trinajstić information content (AvgIpc) is 2.73. The van der Waals surface area contributed by atoms with Crippen molar-refractivity contribution in [2.75, 3.05) is 18.1 Å². The Balaban J connectivity index is 2.68. The molecular formula is C13H22N2O2S. The van der Waals surface area contributed by atoms with Crippen LogP contribution in [-0.2, 0) is 16.0 Å². The lowest BCUT2D eigenvalue weighted by Crippen LogP contribution is -2.31. The summed E-state index contributed by atoms with van der Waals surface area (Å²) in [7, 11) is 0. The quantitative estimate of drug-likeness (QED) is 0.715. The molecule has 0 aromatic carbocycles. The molecule has 4 nitrogen and oxygen atoms in total. The first-order chi connectivity index (χ1) is 8.58. The minimum atomic E-state index is -0.207. The SMILES string of the molecule is CCCN(c1nc(CC(=O)OCC)cs1)C(C)C. The zero-order valence-electron chi connectivity index (χ0n) is 11.6. The van der Waals surface area contributed by atoms with Crippen molar-refractivity contribution in [1.29, 1.82) is 0 Å². The number of thiazole rings is 1. The molecular weight excluding hydrogens is 248 g/mol. The maximum absolute atomic E-state index is 11.4. The summed E-state index contributed by atoms with van der Waals surface area (Å²) in [4.78, 5) is 18.2. The fourth-order valence-electron chi connectivity index (χ4n) is 1.68. The van der Waals surface area contributed by atoms with Crippen LogP contribution >= 0.6 is 11.3 Å². The van der Waals surface area contributed by atoms with Crippen LogP contribution in [0, 0.1) is 0 Å². The molecule has 0 radical (unpaired) electrons. The van der Waals surface area contributed by atoms with Crippen molar-refractivity contribution >= 4 is 22.4 Å². The molecule has 1 aromatic rings. The summed E-state index contributed by atoms with van der Waals surface area (Å²) in [6.07, 6.45) is 1.35. The molecule has 0 fully saturated rings.